The molecule has 2 aromatic carbocycles. The standard InChI is InChI=1S/C21H19N3O4S/c1-14(2)21(25)22-15-10-11-17-19(13-15)29(26,27)23-20(18-9-6-12-28-18)24(17)16-7-4-3-5-8-16/h3-14H,1-2H3,(H,22,25). The minimum atomic E-state index is -4.00. The Morgan fingerprint density at radius 1 is 1.07 bits per heavy atom. The third-order valence-corrected chi connectivity index (χ3v) is 5.74. The van der Waals surface area contributed by atoms with E-state index < -0.39 is 10.0 Å². The van der Waals surface area contributed by atoms with Gasteiger partial charge in [0.15, 0.2) is 11.6 Å². The zero-order valence-corrected chi connectivity index (χ0v) is 16.7. The first kappa shape index (κ1) is 18.9. The largest absolute Gasteiger partial charge is 0.461 e. The Balaban J connectivity index is 1.89. The Hall–Kier alpha value is -3.39. The molecule has 7 nitrogen and oxygen atoms in total. The zero-order valence-electron chi connectivity index (χ0n) is 15.9. The van der Waals surface area contributed by atoms with Gasteiger partial charge in [0.1, 0.15) is 4.90 Å². The number of nitrogens with one attached hydrogen (secondary N) is 1. The highest BCUT2D eigenvalue weighted by molar-refractivity contribution is 7.90. The molecule has 0 spiro atoms. The van der Waals surface area contributed by atoms with Crippen LogP contribution < -0.4 is 10.2 Å². The van der Waals surface area contributed by atoms with Crippen molar-refractivity contribution < 1.29 is 17.6 Å². The van der Waals surface area contributed by atoms with Gasteiger partial charge < -0.3 is 9.73 Å². The van der Waals surface area contributed by atoms with Crippen molar-refractivity contribution in [2.24, 2.45) is 10.3 Å². The predicted octanol–water partition coefficient (Wildman–Crippen LogP) is 4.16. The zero-order chi connectivity index (χ0) is 20.6. The predicted molar refractivity (Wildman–Crippen MR) is 111 cm³/mol. The van der Waals surface area contributed by atoms with Gasteiger partial charge in [-0.15, -0.1) is 4.40 Å². The first-order valence-corrected chi connectivity index (χ1v) is 10.5. The molecule has 0 saturated heterocycles. The molecule has 1 aliphatic heterocycles. The topological polar surface area (TPSA) is 92.0 Å². The van der Waals surface area contributed by atoms with E-state index in [1.54, 1.807) is 43.0 Å². The summed E-state index contributed by atoms with van der Waals surface area (Å²) < 4.78 is 35.4. The van der Waals surface area contributed by atoms with E-state index in [1.165, 1.54) is 12.3 Å². The van der Waals surface area contributed by atoms with E-state index in [4.69, 9.17) is 4.42 Å². The molecule has 148 valence electrons. The molecule has 0 saturated carbocycles. The van der Waals surface area contributed by atoms with Crippen molar-refractivity contribution in [1.29, 1.82) is 0 Å². The molecule has 3 aromatic rings. The quantitative estimate of drug-likeness (QED) is 0.698. The Morgan fingerprint density at radius 2 is 1.83 bits per heavy atom. The molecule has 1 amide bonds. The molecule has 1 aliphatic rings. The summed E-state index contributed by atoms with van der Waals surface area (Å²) in [5.74, 6) is 0.0813. The second kappa shape index (κ2) is 7.21. The van der Waals surface area contributed by atoms with Gasteiger partial charge in [-0.1, -0.05) is 32.0 Å². The fraction of sp³-hybridized carbons (Fsp3) is 0.143. The minimum Gasteiger partial charge on any atom is -0.461 e. The summed E-state index contributed by atoms with van der Waals surface area (Å²) in [4.78, 5) is 13.8. The van der Waals surface area contributed by atoms with E-state index in [0.29, 0.717) is 17.1 Å². The lowest BCUT2D eigenvalue weighted by atomic mass is 10.1. The lowest BCUT2D eigenvalue weighted by molar-refractivity contribution is -0.118. The van der Waals surface area contributed by atoms with Crippen LogP contribution in [0.3, 0.4) is 0 Å². The molecule has 8 heteroatoms. The number of sulfonamides is 1. The summed E-state index contributed by atoms with van der Waals surface area (Å²) in [6.07, 6.45) is 1.47. The van der Waals surface area contributed by atoms with Crippen molar-refractivity contribution in [2.75, 3.05) is 10.2 Å². The average Bonchev–Trinajstić information content (AvgIpc) is 3.23. The van der Waals surface area contributed by atoms with Crippen molar-refractivity contribution in [3.05, 3.63) is 72.7 Å². The molecule has 4 rings (SSSR count). The fourth-order valence-corrected chi connectivity index (χ4v) is 4.18. The number of fused-ring (bicyclic) bond motifs is 1. The second-order valence-electron chi connectivity index (χ2n) is 6.86. The highest BCUT2D eigenvalue weighted by atomic mass is 32.2. The first-order chi connectivity index (χ1) is 13.9. The van der Waals surface area contributed by atoms with Crippen molar-refractivity contribution in [2.45, 2.75) is 18.7 Å². The molecule has 29 heavy (non-hydrogen) atoms. The van der Waals surface area contributed by atoms with E-state index in [2.05, 4.69) is 9.71 Å². The molecule has 0 aliphatic carbocycles. The summed E-state index contributed by atoms with van der Waals surface area (Å²) in [5, 5.41) is 2.73. The van der Waals surface area contributed by atoms with E-state index >= 15 is 0 Å². The van der Waals surface area contributed by atoms with Crippen molar-refractivity contribution in [3.63, 3.8) is 0 Å². The summed E-state index contributed by atoms with van der Waals surface area (Å²) in [6.45, 7) is 3.53. The van der Waals surface area contributed by atoms with E-state index in [0.717, 1.165) is 5.69 Å². The normalized spacial score (nSPS) is 15.0. The van der Waals surface area contributed by atoms with Crippen LogP contribution in [0.1, 0.15) is 19.6 Å². The van der Waals surface area contributed by atoms with Crippen LogP contribution in [0.4, 0.5) is 17.1 Å². The number of amides is 1. The van der Waals surface area contributed by atoms with Gasteiger partial charge in [-0.3, -0.25) is 9.69 Å². The number of amidine groups is 1. The van der Waals surface area contributed by atoms with E-state index in [1.807, 2.05) is 30.3 Å². The number of rotatable bonds is 4. The Kier molecular flexibility index (Phi) is 4.71. The van der Waals surface area contributed by atoms with Crippen molar-refractivity contribution in [3.8, 4) is 0 Å². The Bertz CT molecular complexity index is 1180. The highest BCUT2D eigenvalue weighted by Crippen LogP contribution is 2.39. The molecular weight excluding hydrogens is 390 g/mol. The van der Waals surface area contributed by atoms with Gasteiger partial charge in [0, 0.05) is 17.3 Å². The number of hydrogen-bond donors (Lipinski definition) is 1. The lowest BCUT2D eigenvalue weighted by Crippen LogP contribution is -2.32. The number of hydrogen-bond acceptors (Lipinski definition) is 5. The first-order valence-electron chi connectivity index (χ1n) is 9.06. The molecule has 0 fully saturated rings. The van der Waals surface area contributed by atoms with Crippen LogP contribution in [0.2, 0.25) is 0 Å². The highest BCUT2D eigenvalue weighted by Gasteiger charge is 2.34. The van der Waals surface area contributed by atoms with Crippen LogP contribution in [0.5, 0.6) is 0 Å². The number of anilines is 3. The second-order valence-corrected chi connectivity index (χ2v) is 8.44. The van der Waals surface area contributed by atoms with Gasteiger partial charge in [0.25, 0.3) is 10.0 Å². The monoisotopic (exact) mass is 409 g/mol. The SMILES string of the molecule is CC(C)C(=O)Nc1ccc2c(c1)S(=O)(=O)N=C(c1ccco1)N2c1ccccc1. The lowest BCUT2D eigenvalue weighted by Gasteiger charge is -2.30. The molecular formula is C21H19N3O4S. The Labute approximate surface area is 168 Å². The van der Waals surface area contributed by atoms with Gasteiger partial charge in [-0.25, -0.2) is 0 Å². The van der Waals surface area contributed by atoms with Crippen molar-refractivity contribution >= 4 is 38.8 Å². The molecule has 0 bridgehead atoms. The molecule has 1 N–H and O–H groups in total. The average molecular weight is 409 g/mol. The van der Waals surface area contributed by atoms with Gasteiger partial charge >= 0.3 is 0 Å². The van der Waals surface area contributed by atoms with Crippen LogP contribution in [0, 0.1) is 5.92 Å². The van der Waals surface area contributed by atoms with E-state index in [9.17, 15) is 13.2 Å². The summed E-state index contributed by atoms with van der Waals surface area (Å²) in [6, 6.07) is 17.4. The molecule has 0 unspecified atom stereocenters. The maximum Gasteiger partial charge on any atom is 0.286 e. The van der Waals surface area contributed by atoms with Crippen LogP contribution in [-0.2, 0) is 14.8 Å². The Morgan fingerprint density at radius 3 is 2.48 bits per heavy atom. The van der Waals surface area contributed by atoms with Crippen LogP contribution in [0.25, 0.3) is 0 Å². The molecule has 2 heterocycles. The summed E-state index contributed by atoms with van der Waals surface area (Å²) in [7, 11) is -4.00. The fourth-order valence-electron chi connectivity index (χ4n) is 2.99. The minimum absolute atomic E-state index is 0.0122. The number of para-hydroxylation sites is 1. The van der Waals surface area contributed by atoms with Gasteiger partial charge in [-0.2, -0.15) is 8.42 Å². The van der Waals surface area contributed by atoms with Gasteiger partial charge in [0.05, 0.1) is 12.0 Å². The number of carbonyl (C=O) groups excluding carboxylic acids is 1. The van der Waals surface area contributed by atoms with Crippen molar-refractivity contribution in [1.82, 2.24) is 0 Å². The van der Waals surface area contributed by atoms with E-state index in [-0.39, 0.29) is 22.6 Å². The molecule has 0 radical (unpaired) electrons. The molecule has 1 aromatic heterocycles. The van der Waals surface area contributed by atoms with Gasteiger partial charge in [0.2, 0.25) is 5.91 Å². The molecule has 0 atom stereocenters. The number of nitrogens with zero attached hydrogens (tertiary/aromatic N) is 2. The summed E-state index contributed by atoms with van der Waals surface area (Å²) >= 11 is 0. The summed E-state index contributed by atoms with van der Waals surface area (Å²) in [5.41, 5.74) is 1.56. The third kappa shape index (κ3) is 3.54. The van der Waals surface area contributed by atoms with Crippen LogP contribution >= 0.6 is 0 Å². The number of furan rings is 1. The maximum atomic E-state index is 13.0. The van der Waals surface area contributed by atoms with Crippen LogP contribution in [-0.4, -0.2) is 20.2 Å². The number of carbonyl (C=O) groups is 1. The van der Waals surface area contributed by atoms with Crippen LogP contribution in [0.15, 0.2) is 80.6 Å². The maximum absolute atomic E-state index is 13.0. The van der Waals surface area contributed by atoms with Gasteiger partial charge in [-0.05, 0) is 42.5 Å². The third-order valence-electron chi connectivity index (χ3n) is 4.44. The number of benzene rings is 2. The smallest absolute Gasteiger partial charge is 0.286 e.